The molecule has 2 heteroatoms. The van der Waals surface area contributed by atoms with Gasteiger partial charge in [0.05, 0.1) is 0 Å². The maximum absolute atomic E-state index is 5.01. The first kappa shape index (κ1) is 30.2. The second-order valence-electron chi connectivity index (χ2n) is 12.0. The van der Waals surface area contributed by atoms with Crippen molar-refractivity contribution in [2.45, 2.75) is 135 Å². The number of imidazole rings is 1. The van der Waals surface area contributed by atoms with Crippen molar-refractivity contribution < 1.29 is 0 Å². The van der Waals surface area contributed by atoms with Crippen LogP contribution in [-0.4, -0.2) is 9.55 Å². The fourth-order valence-corrected chi connectivity index (χ4v) is 6.22. The van der Waals surface area contributed by atoms with Crippen LogP contribution in [0.2, 0.25) is 0 Å². The summed E-state index contributed by atoms with van der Waals surface area (Å²) in [5.74, 6) is 1.62. The minimum atomic E-state index is -0.0294. The predicted octanol–water partition coefficient (Wildman–Crippen LogP) is 10.8. The number of aromatic nitrogens is 2. The summed E-state index contributed by atoms with van der Waals surface area (Å²) in [6.07, 6.45) is 23.1. The van der Waals surface area contributed by atoms with E-state index < -0.39 is 0 Å². The lowest BCUT2D eigenvalue weighted by Gasteiger charge is -2.39. The van der Waals surface area contributed by atoms with Gasteiger partial charge in [0.1, 0.15) is 5.82 Å². The van der Waals surface area contributed by atoms with E-state index >= 15 is 0 Å². The Balaban J connectivity index is 1.67. The summed E-state index contributed by atoms with van der Waals surface area (Å²) in [5.41, 5.74) is 2.80. The molecule has 38 heavy (non-hydrogen) atoms. The molecule has 0 radical (unpaired) electrons. The normalized spacial score (nSPS) is 14.0. The Bertz CT molecular complexity index is 990. The van der Waals surface area contributed by atoms with Crippen molar-refractivity contribution in [1.29, 1.82) is 0 Å². The maximum atomic E-state index is 5.01. The van der Waals surface area contributed by atoms with E-state index in [1.165, 1.54) is 100 Å². The molecule has 0 aliphatic carbocycles. The summed E-state index contributed by atoms with van der Waals surface area (Å²) < 4.78 is 2.41. The number of hydrogen-bond donors (Lipinski definition) is 0. The fraction of sp³-hybridized carbons (Fsp3) is 0.583. The fourth-order valence-electron chi connectivity index (χ4n) is 6.22. The second kappa shape index (κ2) is 16.6. The molecule has 0 N–H and O–H groups in total. The van der Waals surface area contributed by atoms with Gasteiger partial charge in [-0.25, -0.2) is 4.98 Å². The highest BCUT2D eigenvalue weighted by Crippen LogP contribution is 2.44. The number of rotatable bonds is 19. The third-order valence-electron chi connectivity index (χ3n) is 8.53. The number of hydrogen-bond acceptors (Lipinski definition) is 1. The second-order valence-corrected chi connectivity index (χ2v) is 12.0. The third kappa shape index (κ3) is 9.14. The van der Waals surface area contributed by atoms with Gasteiger partial charge >= 0.3 is 0 Å². The van der Waals surface area contributed by atoms with Gasteiger partial charge in [0.2, 0.25) is 0 Å². The van der Waals surface area contributed by atoms with Crippen LogP contribution >= 0.6 is 0 Å². The van der Waals surface area contributed by atoms with Crippen LogP contribution in [0.3, 0.4) is 0 Å². The van der Waals surface area contributed by atoms with Crippen LogP contribution in [0, 0.1) is 0 Å². The van der Waals surface area contributed by atoms with Crippen molar-refractivity contribution >= 4 is 0 Å². The van der Waals surface area contributed by atoms with Crippen molar-refractivity contribution in [3.8, 4) is 0 Å². The lowest BCUT2D eigenvalue weighted by molar-refractivity contribution is 0.318. The molecular formula is C36H54N2. The van der Waals surface area contributed by atoms with Crippen LogP contribution < -0.4 is 0 Å². The SMILES string of the molecule is CCCCCCCCCCCCCCC(c1nccn1C(C)C)C(C)(Cc1ccccc1)c1ccccc1. The molecule has 0 bridgehead atoms. The van der Waals surface area contributed by atoms with Gasteiger partial charge < -0.3 is 4.57 Å². The van der Waals surface area contributed by atoms with Gasteiger partial charge in [0, 0.05) is 29.8 Å². The molecular weight excluding hydrogens is 460 g/mol. The lowest BCUT2D eigenvalue weighted by atomic mass is 9.66. The van der Waals surface area contributed by atoms with E-state index in [0.29, 0.717) is 12.0 Å². The largest absolute Gasteiger partial charge is 0.332 e. The first-order valence-corrected chi connectivity index (χ1v) is 15.7. The first-order valence-electron chi connectivity index (χ1n) is 15.7. The minimum Gasteiger partial charge on any atom is -0.332 e. The number of unbranched alkanes of at least 4 members (excludes halogenated alkanes) is 11. The van der Waals surface area contributed by atoms with E-state index in [9.17, 15) is 0 Å². The Labute approximate surface area is 234 Å². The van der Waals surface area contributed by atoms with Gasteiger partial charge in [-0.1, -0.05) is 152 Å². The standard InChI is InChI=1S/C36H54N2/c1-5-6-7-8-9-10-11-12-13-14-15-22-27-34(35-37-28-29-38(35)31(2)3)36(4,33-25-20-17-21-26-33)30-32-23-18-16-19-24-32/h16-21,23-26,28-29,31,34H,5-15,22,27,30H2,1-4H3. The molecule has 0 saturated carbocycles. The van der Waals surface area contributed by atoms with Crippen molar-refractivity contribution in [2.24, 2.45) is 0 Å². The average molecular weight is 515 g/mol. The van der Waals surface area contributed by atoms with Gasteiger partial charge in [0.25, 0.3) is 0 Å². The quantitative estimate of drug-likeness (QED) is 0.145. The van der Waals surface area contributed by atoms with Crippen LogP contribution in [-0.2, 0) is 11.8 Å². The van der Waals surface area contributed by atoms with E-state index in [2.05, 4.69) is 99.1 Å². The Morgan fingerprint density at radius 2 is 1.24 bits per heavy atom. The summed E-state index contributed by atoms with van der Waals surface area (Å²) in [5, 5.41) is 0. The highest BCUT2D eigenvalue weighted by Gasteiger charge is 2.39. The monoisotopic (exact) mass is 514 g/mol. The Morgan fingerprint density at radius 1 is 0.711 bits per heavy atom. The molecule has 0 fully saturated rings. The van der Waals surface area contributed by atoms with Gasteiger partial charge in [-0.15, -0.1) is 0 Å². The zero-order valence-corrected chi connectivity index (χ0v) is 24.9. The molecule has 2 nitrogen and oxygen atoms in total. The van der Waals surface area contributed by atoms with Crippen molar-refractivity contribution in [1.82, 2.24) is 9.55 Å². The lowest BCUT2D eigenvalue weighted by Crippen LogP contribution is -2.35. The molecule has 3 aromatic rings. The molecule has 3 rings (SSSR count). The van der Waals surface area contributed by atoms with E-state index in [1.54, 1.807) is 0 Å². The summed E-state index contributed by atoms with van der Waals surface area (Å²) >= 11 is 0. The summed E-state index contributed by atoms with van der Waals surface area (Å²) in [6, 6.07) is 22.7. The number of nitrogens with zero attached hydrogens (tertiary/aromatic N) is 2. The molecule has 2 unspecified atom stereocenters. The zero-order chi connectivity index (χ0) is 27.1. The van der Waals surface area contributed by atoms with Crippen LogP contribution in [0.1, 0.15) is 140 Å². The summed E-state index contributed by atoms with van der Waals surface area (Å²) in [6.45, 7) is 9.35. The van der Waals surface area contributed by atoms with Gasteiger partial charge in [-0.05, 0) is 37.8 Å². The summed E-state index contributed by atoms with van der Waals surface area (Å²) in [7, 11) is 0. The van der Waals surface area contributed by atoms with E-state index in [4.69, 9.17) is 4.98 Å². The predicted molar refractivity (Wildman–Crippen MR) is 165 cm³/mol. The highest BCUT2D eigenvalue weighted by molar-refractivity contribution is 5.33. The Morgan fingerprint density at radius 3 is 1.79 bits per heavy atom. The van der Waals surface area contributed by atoms with Crippen LogP contribution in [0.5, 0.6) is 0 Å². The Hall–Kier alpha value is -2.35. The van der Waals surface area contributed by atoms with Crippen molar-refractivity contribution in [2.75, 3.05) is 0 Å². The molecule has 0 spiro atoms. The number of benzene rings is 2. The van der Waals surface area contributed by atoms with E-state index in [1.807, 2.05) is 6.20 Å². The van der Waals surface area contributed by atoms with Crippen molar-refractivity contribution in [3.63, 3.8) is 0 Å². The molecule has 208 valence electrons. The van der Waals surface area contributed by atoms with Gasteiger partial charge in [0.15, 0.2) is 0 Å². The molecule has 2 atom stereocenters. The van der Waals surface area contributed by atoms with Crippen LogP contribution in [0.4, 0.5) is 0 Å². The van der Waals surface area contributed by atoms with Gasteiger partial charge in [-0.3, -0.25) is 0 Å². The van der Waals surface area contributed by atoms with E-state index in [-0.39, 0.29) is 5.41 Å². The Kier molecular flexibility index (Phi) is 13.2. The molecule has 0 amide bonds. The van der Waals surface area contributed by atoms with Crippen LogP contribution in [0.25, 0.3) is 0 Å². The molecule has 2 aromatic carbocycles. The summed E-state index contributed by atoms with van der Waals surface area (Å²) in [4.78, 5) is 5.01. The highest BCUT2D eigenvalue weighted by atomic mass is 15.1. The molecule has 0 aliphatic rings. The molecule has 1 heterocycles. The maximum Gasteiger partial charge on any atom is 0.112 e. The molecule has 0 saturated heterocycles. The minimum absolute atomic E-state index is 0.0294. The average Bonchev–Trinajstić information content (AvgIpc) is 3.42. The molecule has 0 aliphatic heterocycles. The van der Waals surface area contributed by atoms with Crippen molar-refractivity contribution in [3.05, 3.63) is 90.0 Å². The zero-order valence-electron chi connectivity index (χ0n) is 24.9. The van der Waals surface area contributed by atoms with Gasteiger partial charge in [-0.2, -0.15) is 0 Å². The third-order valence-corrected chi connectivity index (χ3v) is 8.53. The van der Waals surface area contributed by atoms with Crippen LogP contribution in [0.15, 0.2) is 73.1 Å². The first-order chi connectivity index (χ1) is 18.6. The smallest absolute Gasteiger partial charge is 0.112 e. The van der Waals surface area contributed by atoms with E-state index in [0.717, 1.165) is 6.42 Å². The topological polar surface area (TPSA) is 17.8 Å². The molecule has 1 aromatic heterocycles.